The summed E-state index contributed by atoms with van der Waals surface area (Å²) in [6.45, 7) is 3.81. The van der Waals surface area contributed by atoms with Gasteiger partial charge in [-0.1, -0.05) is 0 Å². The molecule has 0 saturated carbocycles. The molecular weight excluding hydrogens is 363 g/mol. The zero-order chi connectivity index (χ0) is 15.8. The number of hydrogen-bond acceptors (Lipinski definition) is 4. The number of rotatable bonds is 4. The third kappa shape index (κ3) is 3.35. The number of benzene rings is 1. The maximum Gasteiger partial charge on any atom is 0.264 e. The van der Waals surface area contributed by atoms with Gasteiger partial charge in [0.25, 0.3) is 10.0 Å². The number of anilines is 2. The van der Waals surface area contributed by atoms with Crippen molar-refractivity contribution in [2.75, 3.05) is 10.5 Å². The molecule has 0 aliphatic rings. The number of sulfonamides is 1. The Morgan fingerprint density at radius 2 is 2.10 bits per heavy atom. The Morgan fingerprint density at radius 1 is 1.43 bits per heavy atom. The van der Waals surface area contributed by atoms with Gasteiger partial charge in [-0.3, -0.25) is 9.40 Å². The lowest BCUT2D eigenvalue weighted by atomic mass is 10.3. The molecule has 0 aliphatic heterocycles. The number of aromatic nitrogens is 2. The van der Waals surface area contributed by atoms with Gasteiger partial charge in [-0.05, 0) is 41.9 Å². The molecule has 0 spiro atoms. The first-order valence-corrected chi connectivity index (χ1v) is 8.30. The van der Waals surface area contributed by atoms with E-state index in [4.69, 9.17) is 5.73 Å². The van der Waals surface area contributed by atoms with Crippen LogP contribution < -0.4 is 10.5 Å². The van der Waals surface area contributed by atoms with Crippen LogP contribution in [0.15, 0.2) is 33.9 Å². The van der Waals surface area contributed by atoms with Crippen LogP contribution in [0.25, 0.3) is 0 Å². The van der Waals surface area contributed by atoms with Crippen LogP contribution in [0.3, 0.4) is 0 Å². The lowest BCUT2D eigenvalue weighted by Crippen LogP contribution is -2.15. The van der Waals surface area contributed by atoms with E-state index in [1.54, 1.807) is 4.68 Å². The van der Waals surface area contributed by atoms with Gasteiger partial charge >= 0.3 is 0 Å². The van der Waals surface area contributed by atoms with Gasteiger partial charge < -0.3 is 5.73 Å². The average molecular weight is 377 g/mol. The van der Waals surface area contributed by atoms with Gasteiger partial charge in [0.1, 0.15) is 10.7 Å². The molecular formula is C12H14BrFN4O2S. The van der Waals surface area contributed by atoms with Crippen LogP contribution in [-0.4, -0.2) is 18.2 Å². The largest absolute Gasteiger partial charge is 0.398 e. The van der Waals surface area contributed by atoms with E-state index in [0.29, 0.717) is 4.47 Å². The van der Waals surface area contributed by atoms with E-state index in [1.165, 1.54) is 12.4 Å². The van der Waals surface area contributed by atoms with E-state index >= 15 is 0 Å². The molecule has 0 unspecified atom stereocenters. The topological polar surface area (TPSA) is 90.0 Å². The minimum atomic E-state index is -4.07. The van der Waals surface area contributed by atoms with Gasteiger partial charge in [0.2, 0.25) is 0 Å². The standard InChI is InChI=1S/C12H14BrFN4O2S/c1-7(2)18-6-8(5-16-18)17-21(19,20)12-4-11(15)9(13)3-10(12)14/h3-7,17H,15H2,1-2H3. The monoisotopic (exact) mass is 376 g/mol. The second-order valence-corrected chi connectivity index (χ2v) is 7.22. The van der Waals surface area contributed by atoms with Crippen molar-refractivity contribution >= 4 is 37.3 Å². The molecule has 3 N–H and O–H groups in total. The van der Waals surface area contributed by atoms with Crippen LogP contribution in [0.1, 0.15) is 19.9 Å². The van der Waals surface area contributed by atoms with Gasteiger partial charge in [-0.25, -0.2) is 12.8 Å². The Balaban J connectivity index is 2.36. The zero-order valence-electron chi connectivity index (χ0n) is 11.3. The summed E-state index contributed by atoms with van der Waals surface area (Å²) >= 11 is 3.04. The van der Waals surface area contributed by atoms with Gasteiger partial charge in [0.15, 0.2) is 0 Å². The Kier molecular flexibility index (Phi) is 4.24. The Hall–Kier alpha value is -1.61. The third-order valence-electron chi connectivity index (χ3n) is 2.72. The van der Waals surface area contributed by atoms with Crippen molar-refractivity contribution < 1.29 is 12.8 Å². The summed E-state index contributed by atoms with van der Waals surface area (Å²) in [7, 11) is -4.07. The molecule has 9 heteroatoms. The summed E-state index contributed by atoms with van der Waals surface area (Å²) in [5, 5.41) is 4.01. The lowest BCUT2D eigenvalue weighted by Gasteiger charge is -2.09. The average Bonchev–Trinajstić information content (AvgIpc) is 2.81. The SMILES string of the molecule is CC(C)n1cc(NS(=O)(=O)c2cc(N)c(Br)cc2F)cn1. The fourth-order valence-corrected chi connectivity index (χ4v) is 3.07. The molecule has 0 bridgehead atoms. The van der Waals surface area contributed by atoms with Crippen molar-refractivity contribution in [1.29, 1.82) is 0 Å². The van der Waals surface area contributed by atoms with E-state index < -0.39 is 20.7 Å². The highest BCUT2D eigenvalue weighted by Crippen LogP contribution is 2.27. The van der Waals surface area contributed by atoms with Gasteiger partial charge in [-0.15, -0.1) is 0 Å². The maximum absolute atomic E-state index is 13.8. The Bertz CT molecular complexity index is 774. The van der Waals surface area contributed by atoms with Crippen LogP contribution >= 0.6 is 15.9 Å². The van der Waals surface area contributed by atoms with Gasteiger partial charge in [-0.2, -0.15) is 5.10 Å². The summed E-state index contributed by atoms with van der Waals surface area (Å²) in [6, 6.07) is 2.17. The van der Waals surface area contributed by atoms with E-state index in [0.717, 1.165) is 12.1 Å². The second kappa shape index (κ2) is 5.64. The van der Waals surface area contributed by atoms with Gasteiger partial charge in [0, 0.05) is 22.4 Å². The first kappa shape index (κ1) is 15.8. The number of nitrogens with zero attached hydrogens (tertiary/aromatic N) is 2. The number of hydrogen-bond donors (Lipinski definition) is 2. The van der Waals surface area contributed by atoms with Crippen LogP contribution in [0.5, 0.6) is 0 Å². The minimum Gasteiger partial charge on any atom is -0.398 e. The van der Waals surface area contributed by atoms with E-state index in [9.17, 15) is 12.8 Å². The van der Waals surface area contributed by atoms with Crippen molar-refractivity contribution in [3.8, 4) is 0 Å². The molecule has 0 saturated heterocycles. The lowest BCUT2D eigenvalue weighted by molar-refractivity contribution is 0.532. The van der Waals surface area contributed by atoms with Crippen LogP contribution in [0, 0.1) is 5.82 Å². The van der Waals surface area contributed by atoms with Crippen molar-refractivity contribution in [3.05, 3.63) is 34.8 Å². The first-order valence-electron chi connectivity index (χ1n) is 6.02. The zero-order valence-corrected chi connectivity index (χ0v) is 13.7. The summed E-state index contributed by atoms with van der Waals surface area (Å²) in [5.41, 5.74) is 5.99. The quantitative estimate of drug-likeness (QED) is 0.802. The normalized spacial score (nSPS) is 11.9. The molecule has 1 aromatic heterocycles. The van der Waals surface area contributed by atoms with Crippen LogP contribution in [-0.2, 0) is 10.0 Å². The van der Waals surface area contributed by atoms with Gasteiger partial charge in [0.05, 0.1) is 11.9 Å². The molecule has 114 valence electrons. The van der Waals surface area contributed by atoms with Crippen LogP contribution in [0.2, 0.25) is 0 Å². The Labute approximate surface area is 130 Å². The first-order chi connectivity index (χ1) is 9.70. The molecule has 2 aromatic rings. The highest BCUT2D eigenvalue weighted by molar-refractivity contribution is 9.10. The molecule has 21 heavy (non-hydrogen) atoms. The summed E-state index contributed by atoms with van der Waals surface area (Å²) in [4.78, 5) is -0.513. The van der Waals surface area contributed by atoms with Crippen molar-refractivity contribution in [2.24, 2.45) is 0 Å². The fraction of sp³-hybridized carbons (Fsp3) is 0.250. The molecule has 0 fully saturated rings. The highest BCUT2D eigenvalue weighted by Gasteiger charge is 2.21. The fourth-order valence-electron chi connectivity index (χ4n) is 1.63. The van der Waals surface area contributed by atoms with Crippen molar-refractivity contribution in [2.45, 2.75) is 24.8 Å². The maximum atomic E-state index is 13.8. The summed E-state index contributed by atoms with van der Waals surface area (Å²) in [6.07, 6.45) is 2.89. The smallest absolute Gasteiger partial charge is 0.264 e. The minimum absolute atomic E-state index is 0.0864. The molecule has 1 heterocycles. The second-order valence-electron chi connectivity index (χ2n) is 4.71. The summed E-state index contributed by atoms with van der Waals surface area (Å²) < 4.78 is 42.4. The van der Waals surface area contributed by atoms with Crippen LogP contribution in [0.4, 0.5) is 15.8 Å². The molecule has 0 aliphatic carbocycles. The predicted molar refractivity (Wildman–Crippen MR) is 81.9 cm³/mol. The molecule has 0 atom stereocenters. The van der Waals surface area contributed by atoms with E-state index in [2.05, 4.69) is 25.8 Å². The predicted octanol–water partition coefficient (Wildman–Crippen LogP) is 2.75. The third-order valence-corrected chi connectivity index (χ3v) is 4.81. The highest BCUT2D eigenvalue weighted by atomic mass is 79.9. The number of nitrogens with one attached hydrogen (secondary N) is 1. The Morgan fingerprint density at radius 3 is 2.67 bits per heavy atom. The van der Waals surface area contributed by atoms with E-state index in [-0.39, 0.29) is 17.4 Å². The number of nitrogens with two attached hydrogens (primary N) is 1. The number of halogens is 2. The van der Waals surface area contributed by atoms with Crippen molar-refractivity contribution in [1.82, 2.24) is 9.78 Å². The summed E-state index contributed by atoms with van der Waals surface area (Å²) in [5.74, 6) is -0.889. The van der Waals surface area contributed by atoms with Crippen molar-refractivity contribution in [3.63, 3.8) is 0 Å². The molecule has 0 amide bonds. The molecule has 0 radical (unpaired) electrons. The number of nitrogen functional groups attached to an aromatic ring is 1. The van der Waals surface area contributed by atoms with E-state index in [1.807, 2.05) is 13.8 Å². The molecule has 1 aromatic carbocycles. The molecule has 2 rings (SSSR count). The molecule has 6 nitrogen and oxygen atoms in total.